The van der Waals surface area contributed by atoms with Crippen LogP contribution in [0.25, 0.3) is 10.9 Å². The first-order chi connectivity index (χ1) is 11.5. The molecule has 4 heteroatoms. The van der Waals surface area contributed by atoms with Gasteiger partial charge >= 0.3 is 0 Å². The molecule has 0 aliphatic carbocycles. The van der Waals surface area contributed by atoms with Crippen LogP contribution in [0.2, 0.25) is 5.02 Å². The molecule has 3 nitrogen and oxygen atoms in total. The summed E-state index contributed by atoms with van der Waals surface area (Å²) >= 11 is 6.24. The first-order valence-corrected chi connectivity index (χ1v) is 8.34. The number of hydrogen-bond donors (Lipinski definition) is 1. The lowest BCUT2D eigenvalue weighted by molar-refractivity contribution is 0.102. The van der Waals surface area contributed by atoms with E-state index in [1.165, 1.54) is 0 Å². The van der Waals surface area contributed by atoms with E-state index < -0.39 is 0 Å². The van der Waals surface area contributed by atoms with Crippen LogP contribution in [0.4, 0.5) is 5.69 Å². The summed E-state index contributed by atoms with van der Waals surface area (Å²) < 4.78 is 0. The van der Waals surface area contributed by atoms with Crippen molar-refractivity contribution in [1.82, 2.24) is 4.98 Å². The van der Waals surface area contributed by atoms with Crippen LogP contribution >= 0.6 is 11.6 Å². The maximum atomic E-state index is 12.9. The Bertz CT molecular complexity index is 934. The Hall–Kier alpha value is -2.39. The van der Waals surface area contributed by atoms with Crippen molar-refractivity contribution in [2.75, 3.05) is 5.32 Å². The number of hydrogen-bond acceptors (Lipinski definition) is 2. The standard InChI is InChI=1S/C20H19ClN2O/c1-4-16-19(13(3)14-7-5-6-8-17(14)22-16)20(24)23-18-10-9-12(2)11-15(18)21/h5-11H,4H2,1-3H3,(H,23,24). The van der Waals surface area contributed by atoms with E-state index in [0.29, 0.717) is 22.7 Å². The van der Waals surface area contributed by atoms with Crippen molar-refractivity contribution in [3.05, 3.63) is 69.9 Å². The lowest BCUT2D eigenvalue weighted by atomic mass is 9.99. The number of fused-ring (bicyclic) bond motifs is 1. The zero-order chi connectivity index (χ0) is 17.3. The minimum absolute atomic E-state index is 0.173. The monoisotopic (exact) mass is 338 g/mol. The molecule has 0 aliphatic heterocycles. The number of aromatic nitrogens is 1. The molecule has 0 fully saturated rings. The van der Waals surface area contributed by atoms with E-state index in [0.717, 1.165) is 27.7 Å². The lowest BCUT2D eigenvalue weighted by Crippen LogP contribution is -2.17. The molecule has 0 unspecified atom stereocenters. The van der Waals surface area contributed by atoms with Crippen molar-refractivity contribution in [3.8, 4) is 0 Å². The van der Waals surface area contributed by atoms with Gasteiger partial charge in [-0.05, 0) is 49.6 Å². The molecule has 3 rings (SSSR count). The summed E-state index contributed by atoms with van der Waals surface area (Å²) in [6.45, 7) is 5.94. The number of anilines is 1. The van der Waals surface area contributed by atoms with Crippen molar-refractivity contribution >= 4 is 34.1 Å². The van der Waals surface area contributed by atoms with Gasteiger partial charge in [-0.1, -0.05) is 42.8 Å². The molecule has 2 aromatic carbocycles. The van der Waals surface area contributed by atoms with Crippen LogP contribution in [0.3, 0.4) is 0 Å². The van der Waals surface area contributed by atoms with E-state index >= 15 is 0 Å². The quantitative estimate of drug-likeness (QED) is 0.702. The highest BCUT2D eigenvalue weighted by atomic mass is 35.5. The van der Waals surface area contributed by atoms with Crippen LogP contribution in [0.5, 0.6) is 0 Å². The van der Waals surface area contributed by atoms with Gasteiger partial charge in [-0.2, -0.15) is 0 Å². The lowest BCUT2D eigenvalue weighted by Gasteiger charge is -2.14. The first kappa shape index (κ1) is 16.5. The minimum Gasteiger partial charge on any atom is -0.321 e. The third-order valence-electron chi connectivity index (χ3n) is 4.16. The number of rotatable bonds is 3. The van der Waals surface area contributed by atoms with E-state index in [-0.39, 0.29) is 5.91 Å². The van der Waals surface area contributed by atoms with E-state index in [2.05, 4.69) is 10.3 Å². The molecule has 0 aliphatic rings. The Balaban J connectivity index is 2.07. The predicted octanol–water partition coefficient (Wildman–Crippen LogP) is 5.32. The summed E-state index contributed by atoms with van der Waals surface area (Å²) in [5, 5.41) is 4.45. The van der Waals surface area contributed by atoms with E-state index in [9.17, 15) is 4.79 Å². The number of aryl methyl sites for hydroxylation is 3. The van der Waals surface area contributed by atoms with Crippen LogP contribution in [0, 0.1) is 13.8 Å². The van der Waals surface area contributed by atoms with Gasteiger partial charge in [0, 0.05) is 5.39 Å². The molecular formula is C20H19ClN2O. The maximum absolute atomic E-state index is 12.9. The Morgan fingerprint density at radius 1 is 1.17 bits per heavy atom. The Morgan fingerprint density at radius 2 is 1.92 bits per heavy atom. The summed E-state index contributed by atoms with van der Waals surface area (Å²) in [5.41, 5.74) is 4.95. The minimum atomic E-state index is -0.173. The molecule has 0 bridgehead atoms. The molecule has 122 valence electrons. The second kappa shape index (κ2) is 6.62. The molecule has 0 atom stereocenters. The van der Waals surface area contributed by atoms with Crippen molar-refractivity contribution < 1.29 is 4.79 Å². The van der Waals surface area contributed by atoms with Crippen molar-refractivity contribution in [1.29, 1.82) is 0 Å². The number of amides is 1. The summed E-state index contributed by atoms with van der Waals surface area (Å²) in [7, 11) is 0. The van der Waals surface area contributed by atoms with Gasteiger partial charge in [0.1, 0.15) is 0 Å². The normalized spacial score (nSPS) is 10.8. The third-order valence-corrected chi connectivity index (χ3v) is 4.47. The van der Waals surface area contributed by atoms with Crippen LogP contribution in [-0.4, -0.2) is 10.9 Å². The SMILES string of the molecule is CCc1nc2ccccc2c(C)c1C(=O)Nc1ccc(C)cc1Cl. The second-order valence-electron chi connectivity index (χ2n) is 5.87. The average Bonchev–Trinajstić information content (AvgIpc) is 2.57. The number of halogens is 1. The molecular weight excluding hydrogens is 320 g/mol. The van der Waals surface area contributed by atoms with Crippen LogP contribution in [0.1, 0.15) is 34.1 Å². The molecule has 1 heterocycles. The molecule has 1 N–H and O–H groups in total. The zero-order valence-electron chi connectivity index (χ0n) is 14.0. The second-order valence-corrected chi connectivity index (χ2v) is 6.27. The third kappa shape index (κ3) is 3.00. The number of benzene rings is 2. The van der Waals surface area contributed by atoms with Gasteiger partial charge in [0.15, 0.2) is 0 Å². The molecule has 0 spiro atoms. The van der Waals surface area contributed by atoms with Gasteiger partial charge in [0.25, 0.3) is 5.91 Å². The fourth-order valence-corrected chi connectivity index (χ4v) is 3.19. The molecule has 1 aromatic heterocycles. The number of nitrogens with zero attached hydrogens (tertiary/aromatic N) is 1. The Morgan fingerprint density at radius 3 is 2.62 bits per heavy atom. The van der Waals surface area contributed by atoms with Crippen molar-refractivity contribution in [2.45, 2.75) is 27.2 Å². The molecule has 0 saturated carbocycles. The highest BCUT2D eigenvalue weighted by Gasteiger charge is 2.18. The van der Waals surface area contributed by atoms with Crippen molar-refractivity contribution in [2.24, 2.45) is 0 Å². The van der Waals surface area contributed by atoms with E-state index in [1.54, 1.807) is 0 Å². The van der Waals surface area contributed by atoms with Crippen LogP contribution < -0.4 is 5.32 Å². The van der Waals surface area contributed by atoms with Gasteiger partial charge in [0.2, 0.25) is 0 Å². The topological polar surface area (TPSA) is 42.0 Å². The maximum Gasteiger partial charge on any atom is 0.257 e. The molecule has 1 amide bonds. The summed E-state index contributed by atoms with van der Waals surface area (Å²) in [6, 6.07) is 13.5. The summed E-state index contributed by atoms with van der Waals surface area (Å²) in [5.74, 6) is -0.173. The number of para-hydroxylation sites is 1. The number of carbonyl (C=O) groups excluding carboxylic acids is 1. The summed E-state index contributed by atoms with van der Waals surface area (Å²) in [4.78, 5) is 17.5. The molecule has 3 aromatic rings. The fraction of sp³-hybridized carbons (Fsp3) is 0.200. The van der Waals surface area contributed by atoms with Gasteiger partial charge in [-0.15, -0.1) is 0 Å². The molecule has 0 saturated heterocycles. The van der Waals surface area contributed by atoms with Crippen molar-refractivity contribution in [3.63, 3.8) is 0 Å². The Kier molecular flexibility index (Phi) is 4.54. The number of carbonyl (C=O) groups is 1. The largest absolute Gasteiger partial charge is 0.321 e. The predicted molar refractivity (Wildman–Crippen MR) is 100 cm³/mol. The van der Waals surface area contributed by atoms with Gasteiger partial charge in [-0.3, -0.25) is 9.78 Å². The van der Waals surface area contributed by atoms with Crippen LogP contribution in [-0.2, 0) is 6.42 Å². The van der Waals surface area contributed by atoms with Gasteiger partial charge < -0.3 is 5.32 Å². The van der Waals surface area contributed by atoms with Crippen LogP contribution in [0.15, 0.2) is 42.5 Å². The van der Waals surface area contributed by atoms with Gasteiger partial charge in [0.05, 0.1) is 27.5 Å². The first-order valence-electron chi connectivity index (χ1n) is 7.97. The zero-order valence-corrected chi connectivity index (χ0v) is 14.7. The van der Waals surface area contributed by atoms with Gasteiger partial charge in [-0.25, -0.2) is 0 Å². The highest BCUT2D eigenvalue weighted by molar-refractivity contribution is 6.34. The average molecular weight is 339 g/mol. The van der Waals surface area contributed by atoms with E-state index in [4.69, 9.17) is 11.6 Å². The molecule has 24 heavy (non-hydrogen) atoms. The number of pyridine rings is 1. The highest BCUT2D eigenvalue weighted by Crippen LogP contribution is 2.27. The fourth-order valence-electron chi connectivity index (χ4n) is 2.90. The Labute approximate surface area is 146 Å². The molecule has 0 radical (unpaired) electrons. The smallest absolute Gasteiger partial charge is 0.257 e. The van der Waals surface area contributed by atoms with E-state index in [1.807, 2.05) is 63.2 Å². The summed E-state index contributed by atoms with van der Waals surface area (Å²) in [6.07, 6.45) is 0.691. The number of nitrogens with one attached hydrogen (secondary N) is 1.